The second-order valence-electron chi connectivity index (χ2n) is 4.54. The first-order valence-electron chi connectivity index (χ1n) is 6.09. The molecule has 0 spiro atoms. The molecule has 0 aromatic carbocycles. The number of pyridine rings is 1. The van der Waals surface area contributed by atoms with E-state index in [4.69, 9.17) is 0 Å². The highest BCUT2D eigenvalue weighted by atomic mass is 16.3. The molecule has 17 heavy (non-hydrogen) atoms. The van der Waals surface area contributed by atoms with Gasteiger partial charge >= 0.3 is 0 Å². The highest BCUT2D eigenvalue weighted by molar-refractivity contribution is 5.94. The van der Waals surface area contributed by atoms with E-state index in [0.717, 1.165) is 25.8 Å². The minimum Gasteiger partial charge on any atom is -0.391 e. The monoisotopic (exact) mass is 234 g/mol. The quantitative estimate of drug-likeness (QED) is 0.842. The third-order valence-electron chi connectivity index (χ3n) is 3.29. The van der Waals surface area contributed by atoms with E-state index in [-0.39, 0.29) is 11.9 Å². The Hall–Kier alpha value is -1.42. The lowest BCUT2D eigenvalue weighted by molar-refractivity contribution is 0.0281. The summed E-state index contributed by atoms with van der Waals surface area (Å²) in [6, 6.07) is 3.39. The van der Waals surface area contributed by atoms with Crippen LogP contribution in [0.1, 0.15) is 36.5 Å². The SMILES string of the molecule is CC(O)C1CCCCN1C(=O)c1ccncc1. The summed E-state index contributed by atoms with van der Waals surface area (Å²) in [4.78, 5) is 18.0. The molecular formula is C13H18N2O2. The molecule has 2 heterocycles. The maximum absolute atomic E-state index is 12.3. The molecule has 1 saturated heterocycles. The zero-order valence-electron chi connectivity index (χ0n) is 10.0. The van der Waals surface area contributed by atoms with Crippen LogP contribution >= 0.6 is 0 Å². The smallest absolute Gasteiger partial charge is 0.254 e. The van der Waals surface area contributed by atoms with E-state index in [1.54, 1.807) is 36.4 Å². The highest BCUT2D eigenvalue weighted by Gasteiger charge is 2.30. The van der Waals surface area contributed by atoms with Crippen molar-refractivity contribution >= 4 is 5.91 Å². The Balaban J connectivity index is 2.17. The number of carbonyl (C=O) groups excluding carboxylic acids is 1. The molecule has 1 amide bonds. The van der Waals surface area contributed by atoms with Gasteiger partial charge in [-0.1, -0.05) is 0 Å². The van der Waals surface area contributed by atoms with Crippen LogP contribution in [0.3, 0.4) is 0 Å². The van der Waals surface area contributed by atoms with Crippen LogP contribution in [0.2, 0.25) is 0 Å². The summed E-state index contributed by atoms with van der Waals surface area (Å²) in [6.07, 6.45) is 5.74. The molecule has 0 aliphatic carbocycles. The van der Waals surface area contributed by atoms with E-state index in [1.807, 2.05) is 0 Å². The second kappa shape index (κ2) is 5.27. The van der Waals surface area contributed by atoms with Crippen LogP contribution in [-0.4, -0.2) is 39.6 Å². The lowest BCUT2D eigenvalue weighted by atomic mass is 9.97. The van der Waals surface area contributed by atoms with Crippen molar-refractivity contribution in [3.8, 4) is 0 Å². The largest absolute Gasteiger partial charge is 0.391 e. The van der Waals surface area contributed by atoms with Gasteiger partial charge in [-0.3, -0.25) is 9.78 Å². The number of amides is 1. The molecule has 1 fully saturated rings. The van der Waals surface area contributed by atoms with Crippen molar-refractivity contribution in [2.75, 3.05) is 6.54 Å². The number of hydrogen-bond acceptors (Lipinski definition) is 3. The number of aliphatic hydroxyl groups is 1. The minimum absolute atomic E-state index is 0.00185. The summed E-state index contributed by atoms with van der Waals surface area (Å²) in [5.41, 5.74) is 0.646. The number of aromatic nitrogens is 1. The minimum atomic E-state index is -0.471. The molecular weight excluding hydrogens is 216 g/mol. The van der Waals surface area contributed by atoms with Gasteiger partial charge in [-0.2, -0.15) is 0 Å². The molecule has 2 unspecified atom stereocenters. The van der Waals surface area contributed by atoms with E-state index in [1.165, 1.54) is 0 Å². The third kappa shape index (κ3) is 2.64. The Kier molecular flexibility index (Phi) is 3.74. The molecule has 4 nitrogen and oxygen atoms in total. The molecule has 4 heteroatoms. The Morgan fingerprint density at radius 1 is 1.47 bits per heavy atom. The number of hydrogen-bond donors (Lipinski definition) is 1. The summed E-state index contributed by atoms with van der Waals surface area (Å²) in [5.74, 6) is -0.00185. The van der Waals surface area contributed by atoms with Crippen LogP contribution in [0, 0.1) is 0 Å². The van der Waals surface area contributed by atoms with Crippen LogP contribution in [0.15, 0.2) is 24.5 Å². The molecule has 1 aliphatic rings. The molecule has 2 rings (SSSR count). The maximum Gasteiger partial charge on any atom is 0.254 e. The van der Waals surface area contributed by atoms with Gasteiger partial charge in [0.2, 0.25) is 0 Å². The number of rotatable bonds is 2. The number of aliphatic hydroxyl groups excluding tert-OH is 1. The van der Waals surface area contributed by atoms with Crippen molar-refractivity contribution in [1.82, 2.24) is 9.88 Å². The van der Waals surface area contributed by atoms with Crippen LogP contribution < -0.4 is 0 Å². The van der Waals surface area contributed by atoms with E-state index in [9.17, 15) is 9.90 Å². The van der Waals surface area contributed by atoms with Gasteiger partial charge in [-0.05, 0) is 38.3 Å². The Morgan fingerprint density at radius 2 is 2.18 bits per heavy atom. The molecule has 2 atom stereocenters. The fourth-order valence-electron chi connectivity index (χ4n) is 2.37. The number of nitrogens with zero attached hydrogens (tertiary/aromatic N) is 2. The average Bonchev–Trinajstić information content (AvgIpc) is 2.39. The van der Waals surface area contributed by atoms with E-state index < -0.39 is 6.10 Å². The predicted octanol–water partition coefficient (Wildman–Crippen LogP) is 1.46. The fraction of sp³-hybridized carbons (Fsp3) is 0.538. The van der Waals surface area contributed by atoms with Gasteiger partial charge in [0.25, 0.3) is 5.91 Å². The Morgan fingerprint density at radius 3 is 2.82 bits per heavy atom. The molecule has 1 aliphatic heterocycles. The van der Waals surface area contributed by atoms with E-state index in [2.05, 4.69) is 4.98 Å². The number of likely N-dealkylation sites (tertiary alicyclic amines) is 1. The summed E-state index contributed by atoms with van der Waals surface area (Å²) >= 11 is 0. The van der Waals surface area contributed by atoms with Gasteiger partial charge in [-0.25, -0.2) is 0 Å². The maximum atomic E-state index is 12.3. The summed E-state index contributed by atoms with van der Waals surface area (Å²) in [6.45, 7) is 2.49. The predicted molar refractivity (Wildman–Crippen MR) is 64.6 cm³/mol. The Labute approximate surface area is 101 Å². The first-order valence-corrected chi connectivity index (χ1v) is 6.09. The van der Waals surface area contributed by atoms with E-state index in [0.29, 0.717) is 5.56 Å². The summed E-state index contributed by atoms with van der Waals surface area (Å²) in [5, 5.41) is 9.74. The molecule has 1 aromatic heterocycles. The third-order valence-corrected chi connectivity index (χ3v) is 3.29. The van der Waals surface area contributed by atoms with Crippen LogP contribution in [0.5, 0.6) is 0 Å². The van der Waals surface area contributed by atoms with Gasteiger partial charge in [0.1, 0.15) is 0 Å². The fourth-order valence-corrected chi connectivity index (χ4v) is 2.37. The van der Waals surface area contributed by atoms with Gasteiger partial charge < -0.3 is 10.0 Å². The van der Waals surface area contributed by atoms with Crippen molar-refractivity contribution in [3.05, 3.63) is 30.1 Å². The highest BCUT2D eigenvalue weighted by Crippen LogP contribution is 2.21. The first-order chi connectivity index (χ1) is 8.20. The van der Waals surface area contributed by atoms with Crippen LogP contribution in [0.25, 0.3) is 0 Å². The lowest BCUT2D eigenvalue weighted by Crippen LogP contribution is -2.48. The van der Waals surface area contributed by atoms with Crippen molar-refractivity contribution in [1.29, 1.82) is 0 Å². The number of piperidine rings is 1. The average molecular weight is 234 g/mol. The first kappa shape index (κ1) is 12.0. The van der Waals surface area contributed by atoms with Gasteiger partial charge in [0.15, 0.2) is 0 Å². The normalized spacial score (nSPS) is 22.2. The molecule has 0 bridgehead atoms. The molecule has 1 aromatic rings. The molecule has 0 radical (unpaired) electrons. The van der Waals surface area contributed by atoms with Crippen molar-refractivity contribution in [2.45, 2.75) is 38.3 Å². The van der Waals surface area contributed by atoms with Crippen LogP contribution in [0.4, 0.5) is 0 Å². The molecule has 0 saturated carbocycles. The van der Waals surface area contributed by atoms with Gasteiger partial charge in [0.05, 0.1) is 12.1 Å². The van der Waals surface area contributed by atoms with Crippen LogP contribution in [-0.2, 0) is 0 Å². The van der Waals surface area contributed by atoms with Gasteiger partial charge in [-0.15, -0.1) is 0 Å². The standard InChI is InChI=1S/C13H18N2O2/c1-10(16)12-4-2-3-9-15(12)13(17)11-5-7-14-8-6-11/h5-8,10,12,16H,2-4,9H2,1H3. The zero-order valence-corrected chi connectivity index (χ0v) is 10.0. The van der Waals surface area contributed by atoms with Gasteiger partial charge in [0, 0.05) is 24.5 Å². The van der Waals surface area contributed by atoms with Crippen molar-refractivity contribution in [2.24, 2.45) is 0 Å². The molecule has 1 N–H and O–H groups in total. The summed E-state index contributed by atoms with van der Waals surface area (Å²) < 4.78 is 0. The second-order valence-corrected chi connectivity index (χ2v) is 4.54. The molecule has 92 valence electrons. The Bertz CT molecular complexity index is 378. The van der Waals surface area contributed by atoms with Crippen molar-refractivity contribution in [3.63, 3.8) is 0 Å². The topological polar surface area (TPSA) is 53.4 Å². The van der Waals surface area contributed by atoms with E-state index >= 15 is 0 Å². The lowest BCUT2D eigenvalue weighted by Gasteiger charge is -2.37. The summed E-state index contributed by atoms with van der Waals surface area (Å²) in [7, 11) is 0. The zero-order chi connectivity index (χ0) is 12.3. The van der Waals surface area contributed by atoms with Crippen molar-refractivity contribution < 1.29 is 9.90 Å². The number of carbonyl (C=O) groups is 1.